The zero-order chi connectivity index (χ0) is 20.4. The van der Waals surface area contributed by atoms with E-state index in [-0.39, 0.29) is 16.9 Å². The molecule has 7 heteroatoms. The molecule has 0 spiro atoms. The zero-order valence-corrected chi connectivity index (χ0v) is 17.4. The van der Waals surface area contributed by atoms with Crippen molar-refractivity contribution in [2.75, 3.05) is 4.72 Å². The summed E-state index contributed by atoms with van der Waals surface area (Å²) < 4.78 is 28.0. The average molecular weight is 426 g/mol. The van der Waals surface area contributed by atoms with Crippen molar-refractivity contribution in [1.82, 2.24) is 9.97 Å². The third-order valence-corrected chi connectivity index (χ3v) is 5.89. The molecule has 1 aliphatic rings. The van der Waals surface area contributed by atoms with Crippen molar-refractivity contribution in [3.63, 3.8) is 0 Å². The van der Waals surface area contributed by atoms with Crippen molar-refractivity contribution in [3.8, 4) is 11.1 Å². The number of halogens is 1. The van der Waals surface area contributed by atoms with Gasteiger partial charge in [0.1, 0.15) is 11.0 Å². The second-order valence-corrected chi connectivity index (χ2v) is 9.02. The van der Waals surface area contributed by atoms with Crippen molar-refractivity contribution < 1.29 is 8.42 Å². The SMILES string of the molecule is Cc1ccc(-c2c(Cl)nc(C3CC3)nc2NS(=O)(=O)C=Cc2ccccc2)cc1. The molecular weight excluding hydrogens is 406 g/mol. The molecule has 0 unspecified atom stereocenters. The molecule has 1 N–H and O–H groups in total. The number of benzene rings is 2. The summed E-state index contributed by atoms with van der Waals surface area (Å²) in [5.41, 5.74) is 3.12. The minimum absolute atomic E-state index is 0.202. The highest BCUT2D eigenvalue weighted by Crippen LogP contribution is 2.41. The lowest BCUT2D eigenvalue weighted by Crippen LogP contribution is -2.13. The summed E-state index contributed by atoms with van der Waals surface area (Å²) in [4.78, 5) is 8.93. The van der Waals surface area contributed by atoms with Gasteiger partial charge in [-0.25, -0.2) is 18.4 Å². The minimum Gasteiger partial charge on any atom is -0.263 e. The molecule has 4 rings (SSSR count). The number of hydrogen-bond donors (Lipinski definition) is 1. The van der Waals surface area contributed by atoms with Crippen LogP contribution in [0.1, 0.15) is 35.7 Å². The number of anilines is 1. The van der Waals surface area contributed by atoms with Gasteiger partial charge in [-0.3, -0.25) is 4.72 Å². The summed E-state index contributed by atoms with van der Waals surface area (Å²) in [5.74, 6) is 1.02. The fourth-order valence-corrected chi connectivity index (χ4v) is 4.03. The van der Waals surface area contributed by atoms with Crippen molar-refractivity contribution in [2.24, 2.45) is 0 Å². The molecule has 148 valence electrons. The van der Waals surface area contributed by atoms with Crippen LogP contribution in [0.2, 0.25) is 5.15 Å². The quantitative estimate of drug-likeness (QED) is 0.537. The van der Waals surface area contributed by atoms with Gasteiger partial charge in [0.05, 0.1) is 11.0 Å². The standard InChI is InChI=1S/C22H20ClN3O2S/c1-15-7-9-17(10-8-15)19-20(23)24-21(18-11-12-18)25-22(19)26-29(27,28)14-13-16-5-3-2-4-6-16/h2-10,13-14,18H,11-12H2,1H3,(H,24,25,26). The molecule has 1 saturated carbocycles. The lowest BCUT2D eigenvalue weighted by Gasteiger charge is -2.13. The fraction of sp³-hybridized carbons (Fsp3) is 0.182. The number of aryl methyl sites for hydroxylation is 1. The number of sulfonamides is 1. The molecule has 0 saturated heterocycles. The Labute approximate surface area is 175 Å². The van der Waals surface area contributed by atoms with Gasteiger partial charge in [0, 0.05) is 5.92 Å². The highest BCUT2D eigenvalue weighted by atomic mass is 35.5. The van der Waals surface area contributed by atoms with Crippen LogP contribution >= 0.6 is 11.6 Å². The van der Waals surface area contributed by atoms with E-state index < -0.39 is 10.0 Å². The van der Waals surface area contributed by atoms with Crippen LogP contribution in [0.4, 0.5) is 5.82 Å². The molecule has 1 fully saturated rings. The maximum atomic E-state index is 12.7. The van der Waals surface area contributed by atoms with Crippen LogP contribution in [-0.4, -0.2) is 18.4 Å². The largest absolute Gasteiger partial charge is 0.263 e. The summed E-state index contributed by atoms with van der Waals surface area (Å²) >= 11 is 6.48. The predicted octanol–water partition coefficient (Wildman–Crippen LogP) is 5.40. The first-order valence-electron chi connectivity index (χ1n) is 9.32. The van der Waals surface area contributed by atoms with Gasteiger partial charge >= 0.3 is 0 Å². The fourth-order valence-electron chi connectivity index (χ4n) is 2.92. The van der Waals surface area contributed by atoms with Crippen molar-refractivity contribution in [2.45, 2.75) is 25.7 Å². The van der Waals surface area contributed by atoms with Crippen molar-refractivity contribution in [3.05, 3.63) is 82.1 Å². The molecule has 29 heavy (non-hydrogen) atoms. The third kappa shape index (κ3) is 4.83. The van der Waals surface area contributed by atoms with Crippen LogP contribution in [0, 0.1) is 6.92 Å². The summed E-state index contributed by atoms with van der Waals surface area (Å²) in [7, 11) is -3.79. The first-order chi connectivity index (χ1) is 13.9. The Morgan fingerprint density at radius 2 is 1.72 bits per heavy atom. The Bertz CT molecular complexity index is 1160. The molecule has 3 aromatic rings. The molecule has 0 bridgehead atoms. The van der Waals surface area contributed by atoms with E-state index in [9.17, 15) is 8.42 Å². The van der Waals surface area contributed by atoms with E-state index in [2.05, 4.69) is 14.7 Å². The second-order valence-electron chi connectivity index (χ2n) is 7.10. The summed E-state index contributed by atoms with van der Waals surface area (Å²) in [6.07, 6.45) is 3.51. The molecule has 1 aromatic heterocycles. The molecule has 5 nitrogen and oxygen atoms in total. The Hall–Kier alpha value is -2.70. The molecular formula is C22H20ClN3O2S. The van der Waals surface area contributed by atoms with Crippen molar-refractivity contribution >= 4 is 33.5 Å². The summed E-state index contributed by atoms with van der Waals surface area (Å²) in [6.45, 7) is 1.98. The van der Waals surface area contributed by atoms with E-state index in [0.717, 1.165) is 34.9 Å². The second kappa shape index (κ2) is 7.97. The number of nitrogens with one attached hydrogen (secondary N) is 1. The Balaban J connectivity index is 1.73. The first-order valence-corrected chi connectivity index (χ1v) is 11.2. The minimum atomic E-state index is -3.79. The van der Waals surface area contributed by atoms with Gasteiger partial charge in [0.25, 0.3) is 10.0 Å². The highest BCUT2D eigenvalue weighted by Gasteiger charge is 2.29. The van der Waals surface area contributed by atoms with E-state index in [1.54, 1.807) is 6.08 Å². The van der Waals surface area contributed by atoms with Gasteiger partial charge in [-0.15, -0.1) is 0 Å². The van der Waals surface area contributed by atoms with E-state index in [1.165, 1.54) is 0 Å². The maximum Gasteiger partial charge on any atom is 0.256 e. The lowest BCUT2D eigenvalue weighted by molar-refractivity contribution is 0.609. The number of aromatic nitrogens is 2. The zero-order valence-electron chi connectivity index (χ0n) is 15.8. The third-order valence-electron chi connectivity index (χ3n) is 4.64. The number of hydrogen-bond acceptors (Lipinski definition) is 4. The van der Waals surface area contributed by atoms with Crippen LogP contribution < -0.4 is 4.72 Å². The highest BCUT2D eigenvalue weighted by molar-refractivity contribution is 7.95. The first kappa shape index (κ1) is 19.6. The molecule has 0 aliphatic heterocycles. The summed E-state index contributed by atoms with van der Waals surface area (Å²) in [6, 6.07) is 16.9. The van der Waals surface area contributed by atoms with Crippen molar-refractivity contribution in [1.29, 1.82) is 0 Å². The Morgan fingerprint density at radius 1 is 1.03 bits per heavy atom. The predicted molar refractivity (Wildman–Crippen MR) is 117 cm³/mol. The van der Waals surface area contributed by atoms with Gasteiger partial charge in [0.15, 0.2) is 5.82 Å². The van der Waals surface area contributed by atoms with Gasteiger partial charge < -0.3 is 0 Å². The number of rotatable bonds is 6. The van der Waals surface area contributed by atoms with Crippen LogP contribution in [0.3, 0.4) is 0 Å². The lowest BCUT2D eigenvalue weighted by atomic mass is 10.1. The average Bonchev–Trinajstić information content (AvgIpc) is 3.53. The molecule has 0 radical (unpaired) electrons. The van der Waals surface area contributed by atoms with Crippen LogP contribution in [0.5, 0.6) is 0 Å². The van der Waals surface area contributed by atoms with E-state index in [0.29, 0.717) is 11.4 Å². The van der Waals surface area contributed by atoms with Crippen LogP contribution in [0.15, 0.2) is 60.0 Å². The van der Waals surface area contributed by atoms with E-state index in [4.69, 9.17) is 11.6 Å². The normalized spacial score (nSPS) is 14.3. The summed E-state index contributed by atoms with van der Waals surface area (Å²) in [5, 5.41) is 1.38. The topological polar surface area (TPSA) is 72.0 Å². The van der Waals surface area contributed by atoms with E-state index in [1.807, 2.05) is 61.5 Å². The monoisotopic (exact) mass is 425 g/mol. The van der Waals surface area contributed by atoms with Gasteiger partial charge in [0.2, 0.25) is 0 Å². The Kier molecular flexibility index (Phi) is 5.39. The van der Waals surface area contributed by atoms with Gasteiger partial charge in [-0.05, 0) is 37.0 Å². The van der Waals surface area contributed by atoms with Gasteiger partial charge in [-0.2, -0.15) is 0 Å². The van der Waals surface area contributed by atoms with E-state index >= 15 is 0 Å². The van der Waals surface area contributed by atoms with Crippen LogP contribution in [-0.2, 0) is 10.0 Å². The van der Waals surface area contributed by atoms with Gasteiger partial charge in [-0.1, -0.05) is 71.8 Å². The number of nitrogens with zero attached hydrogens (tertiary/aromatic N) is 2. The Morgan fingerprint density at radius 3 is 2.38 bits per heavy atom. The molecule has 1 heterocycles. The smallest absolute Gasteiger partial charge is 0.256 e. The molecule has 0 amide bonds. The molecule has 2 aromatic carbocycles. The molecule has 1 aliphatic carbocycles. The maximum absolute atomic E-state index is 12.7. The molecule has 0 atom stereocenters. The van der Waals surface area contributed by atoms with Crippen LogP contribution in [0.25, 0.3) is 17.2 Å².